The molecular weight excluding hydrogens is 402 g/mol. The van der Waals surface area contributed by atoms with Gasteiger partial charge in [0.15, 0.2) is 5.13 Å². The van der Waals surface area contributed by atoms with Crippen molar-refractivity contribution in [1.82, 2.24) is 9.97 Å². The Labute approximate surface area is 175 Å². The fourth-order valence-corrected chi connectivity index (χ4v) is 3.28. The molecule has 0 fully saturated rings. The van der Waals surface area contributed by atoms with Gasteiger partial charge >= 0.3 is 6.03 Å². The predicted molar refractivity (Wildman–Crippen MR) is 116 cm³/mol. The average Bonchev–Trinajstić information content (AvgIpc) is 3.27. The van der Waals surface area contributed by atoms with Gasteiger partial charge in [-0.25, -0.2) is 14.6 Å². The maximum absolute atomic E-state index is 12.0. The van der Waals surface area contributed by atoms with E-state index >= 15 is 0 Å². The molecule has 4 aromatic rings. The molecule has 0 spiro atoms. The van der Waals surface area contributed by atoms with Gasteiger partial charge in [-0.3, -0.25) is 10.3 Å². The summed E-state index contributed by atoms with van der Waals surface area (Å²) >= 11 is 1.34. The topological polar surface area (TPSA) is 89.7 Å². The summed E-state index contributed by atoms with van der Waals surface area (Å²) in [6, 6.07) is 11.7. The van der Waals surface area contributed by atoms with Gasteiger partial charge < -0.3 is 14.8 Å². The molecule has 0 bridgehead atoms. The lowest BCUT2D eigenvalue weighted by molar-refractivity contribution is 0.262. The zero-order valence-electron chi connectivity index (χ0n) is 15.7. The Morgan fingerprint density at radius 2 is 1.90 bits per heavy atom. The van der Waals surface area contributed by atoms with E-state index in [1.807, 2.05) is 0 Å². The molecule has 30 heavy (non-hydrogen) atoms. The summed E-state index contributed by atoms with van der Waals surface area (Å²) in [5.41, 5.74) is 1.65. The van der Waals surface area contributed by atoms with Crippen LogP contribution in [0.25, 0.3) is 15.7 Å². The molecule has 0 atom stereocenters. The van der Waals surface area contributed by atoms with Gasteiger partial charge in [0.2, 0.25) is 5.69 Å². The van der Waals surface area contributed by atoms with Crippen LogP contribution < -0.4 is 20.1 Å². The van der Waals surface area contributed by atoms with E-state index in [1.165, 1.54) is 18.4 Å². The van der Waals surface area contributed by atoms with Crippen molar-refractivity contribution in [2.75, 3.05) is 17.7 Å². The largest absolute Gasteiger partial charge is 0.508 e. The Balaban J connectivity index is 1.51. The molecule has 0 unspecified atom stereocenters. The molecule has 2 amide bonds. The number of pyridine rings is 1. The van der Waals surface area contributed by atoms with Crippen LogP contribution in [0.3, 0.4) is 0 Å². The molecule has 0 saturated carbocycles. The Morgan fingerprint density at radius 3 is 2.60 bits per heavy atom. The third-order valence-electron chi connectivity index (χ3n) is 4.12. The molecule has 0 radical (unpaired) electrons. The lowest BCUT2D eigenvalue weighted by atomic mass is 10.1. The Morgan fingerprint density at radius 1 is 1.07 bits per heavy atom. The number of nitrogens with zero attached hydrogens (tertiary/aromatic N) is 3. The lowest BCUT2D eigenvalue weighted by Crippen LogP contribution is -2.19. The summed E-state index contributed by atoms with van der Waals surface area (Å²) in [6.45, 7) is 7.34. The molecule has 2 aromatic carbocycles. The van der Waals surface area contributed by atoms with Crippen LogP contribution in [0.15, 0.2) is 60.2 Å². The number of anilines is 2. The van der Waals surface area contributed by atoms with Gasteiger partial charge in [0.25, 0.3) is 0 Å². The van der Waals surface area contributed by atoms with Gasteiger partial charge in [-0.1, -0.05) is 0 Å². The minimum atomic E-state index is -0.376. The molecule has 2 N–H and O–H groups in total. The van der Waals surface area contributed by atoms with Gasteiger partial charge in [-0.15, -0.1) is 11.3 Å². The highest BCUT2D eigenvalue weighted by atomic mass is 32.1. The van der Waals surface area contributed by atoms with Crippen molar-refractivity contribution in [3.8, 4) is 17.2 Å². The minimum absolute atomic E-state index is 0.376. The van der Waals surface area contributed by atoms with Crippen LogP contribution in [0.2, 0.25) is 0 Å². The van der Waals surface area contributed by atoms with E-state index in [9.17, 15) is 4.79 Å². The predicted octanol–water partition coefficient (Wildman–Crippen LogP) is 5.69. The van der Waals surface area contributed by atoms with E-state index in [2.05, 4.69) is 25.4 Å². The molecular formula is C21H15N5O3S. The highest BCUT2D eigenvalue weighted by molar-refractivity contribution is 7.13. The van der Waals surface area contributed by atoms with Crippen molar-refractivity contribution in [2.45, 2.75) is 0 Å². The van der Waals surface area contributed by atoms with Crippen molar-refractivity contribution in [2.24, 2.45) is 0 Å². The molecule has 8 nitrogen and oxygen atoms in total. The number of ether oxygens (including phenoxy) is 2. The first-order chi connectivity index (χ1) is 14.7. The lowest BCUT2D eigenvalue weighted by Gasteiger charge is -2.11. The van der Waals surface area contributed by atoms with Crippen LogP contribution >= 0.6 is 11.3 Å². The standard InChI is InChI=1S/C21H15N5O3S/c1-22-17-11-15-16(12-19(17)28-2)23-8-7-18(15)29-14-5-3-13(4-6-14)25-20(27)26-21-24-9-10-30-21/h3-12H,2H3,(H2,24,25,26,27). The second-order valence-electron chi connectivity index (χ2n) is 6.00. The number of fused-ring (bicyclic) bond motifs is 1. The number of methoxy groups -OCH3 is 1. The smallest absolute Gasteiger partial charge is 0.325 e. The summed E-state index contributed by atoms with van der Waals surface area (Å²) in [4.78, 5) is 23.8. The fourth-order valence-electron chi connectivity index (χ4n) is 2.75. The van der Waals surface area contributed by atoms with E-state index in [4.69, 9.17) is 16.0 Å². The molecule has 2 heterocycles. The summed E-state index contributed by atoms with van der Waals surface area (Å²) in [7, 11) is 1.52. The first-order valence-corrected chi connectivity index (χ1v) is 9.64. The molecule has 0 saturated heterocycles. The molecule has 2 aromatic heterocycles. The maximum atomic E-state index is 12.0. The molecule has 148 valence electrons. The number of aromatic nitrogens is 2. The Bertz CT molecular complexity index is 1230. The zero-order chi connectivity index (χ0) is 20.9. The van der Waals surface area contributed by atoms with Crippen LogP contribution in [-0.2, 0) is 0 Å². The number of rotatable bonds is 5. The van der Waals surface area contributed by atoms with Crippen LogP contribution in [0, 0.1) is 6.57 Å². The SMILES string of the molecule is [C-]#[N+]c1cc2c(Oc3ccc(NC(=O)Nc4nccs4)cc3)ccnc2cc1OC. The Kier molecular flexibility index (Phi) is 5.41. The van der Waals surface area contributed by atoms with Crippen molar-refractivity contribution < 1.29 is 14.3 Å². The maximum Gasteiger partial charge on any atom is 0.325 e. The molecule has 4 rings (SSSR count). The van der Waals surface area contributed by atoms with E-state index in [0.717, 1.165) is 0 Å². The first-order valence-electron chi connectivity index (χ1n) is 8.76. The fraction of sp³-hybridized carbons (Fsp3) is 0.0476. The average molecular weight is 417 g/mol. The van der Waals surface area contributed by atoms with Gasteiger partial charge in [-0.2, -0.15) is 0 Å². The van der Waals surface area contributed by atoms with Crippen molar-refractivity contribution >= 4 is 44.8 Å². The number of benzene rings is 2. The number of carbonyl (C=O) groups is 1. The highest BCUT2D eigenvalue weighted by Gasteiger charge is 2.11. The number of thiazole rings is 1. The van der Waals surface area contributed by atoms with E-state index in [1.54, 1.807) is 60.2 Å². The number of nitrogens with one attached hydrogen (secondary N) is 2. The van der Waals surface area contributed by atoms with Gasteiger partial charge in [-0.05, 0) is 42.5 Å². The van der Waals surface area contributed by atoms with Crippen LogP contribution in [0.4, 0.5) is 21.3 Å². The molecule has 9 heteroatoms. The van der Waals surface area contributed by atoms with Crippen molar-refractivity contribution in [1.29, 1.82) is 0 Å². The van der Waals surface area contributed by atoms with Crippen molar-refractivity contribution in [3.63, 3.8) is 0 Å². The van der Waals surface area contributed by atoms with Crippen LogP contribution in [0.5, 0.6) is 17.2 Å². The van der Waals surface area contributed by atoms with E-state index < -0.39 is 0 Å². The quantitative estimate of drug-likeness (QED) is 0.407. The molecule has 0 aliphatic rings. The third-order valence-corrected chi connectivity index (χ3v) is 4.80. The summed E-state index contributed by atoms with van der Waals surface area (Å²) in [5, 5.41) is 8.39. The first kappa shape index (κ1) is 19.2. The van der Waals surface area contributed by atoms with Gasteiger partial charge in [0.1, 0.15) is 17.2 Å². The molecule has 0 aliphatic carbocycles. The zero-order valence-corrected chi connectivity index (χ0v) is 16.6. The van der Waals surface area contributed by atoms with E-state index in [-0.39, 0.29) is 6.03 Å². The number of hydrogen-bond donors (Lipinski definition) is 2. The number of carbonyl (C=O) groups excluding carboxylic acids is 1. The highest BCUT2D eigenvalue weighted by Crippen LogP contribution is 2.37. The van der Waals surface area contributed by atoms with Crippen LogP contribution in [-0.4, -0.2) is 23.1 Å². The summed E-state index contributed by atoms with van der Waals surface area (Å²) in [6.07, 6.45) is 3.25. The van der Waals surface area contributed by atoms with E-state index in [0.29, 0.717) is 44.7 Å². The van der Waals surface area contributed by atoms with Gasteiger partial charge in [0, 0.05) is 28.8 Å². The molecule has 0 aliphatic heterocycles. The minimum Gasteiger partial charge on any atom is -0.508 e. The second-order valence-corrected chi connectivity index (χ2v) is 6.90. The third kappa shape index (κ3) is 4.14. The summed E-state index contributed by atoms with van der Waals surface area (Å²) in [5.74, 6) is 1.61. The number of amides is 2. The number of urea groups is 1. The Hall–Kier alpha value is -4.16. The number of hydrogen-bond acceptors (Lipinski definition) is 6. The second kappa shape index (κ2) is 8.46. The van der Waals surface area contributed by atoms with Crippen LogP contribution in [0.1, 0.15) is 0 Å². The summed E-state index contributed by atoms with van der Waals surface area (Å²) < 4.78 is 11.2. The normalized spacial score (nSPS) is 10.3. The van der Waals surface area contributed by atoms with Gasteiger partial charge in [0.05, 0.1) is 19.2 Å². The van der Waals surface area contributed by atoms with Crippen molar-refractivity contribution in [3.05, 3.63) is 71.7 Å². The monoisotopic (exact) mass is 417 g/mol.